The molecule has 1 aromatic carbocycles. The molecular formula is C11H11BrFN3. The minimum Gasteiger partial charge on any atom is -0.320 e. The third-order valence-corrected chi connectivity index (χ3v) is 2.87. The first-order valence-corrected chi connectivity index (χ1v) is 5.56. The number of halogens is 2. The number of hydrogen-bond acceptors (Lipinski definition) is 2. The van der Waals surface area contributed by atoms with Gasteiger partial charge in [-0.1, -0.05) is 22.0 Å². The zero-order chi connectivity index (χ0) is 11.7. The molecule has 0 saturated carbocycles. The Kier molecular flexibility index (Phi) is 3.07. The van der Waals surface area contributed by atoms with Crippen molar-refractivity contribution in [2.24, 2.45) is 12.8 Å². The summed E-state index contributed by atoms with van der Waals surface area (Å²) in [6.07, 6.45) is 3.43. The van der Waals surface area contributed by atoms with Crippen LogP contribution in [-0.2, 0) is 7.05 Å². The molecular weight excluding hydrogens is 273 g/mol. The van der Waals surface area contributed by atoms with Gasteiger partial charge in [-0.25, -0.2) is 4.39 Å². The van der Waals surface area contributed by atoms with Gasteiger partial charge in [-0.3, -0.25) is 4.68 Å². The molecule has 0 saturated heterocycles. The first kappa shape index (κ1) is 11.3. The van der Waals surface area contributed by atoms with Gasteiger partial charge in [0.25, 0.3) is 0 Å². The van der Waals surface area contributed by atoms with Crippen LogP contribution in [0.5, 0.6) is 0 Å². The molecule has 0 aliphatic heterocycles. The Hall–Kier alpha value is -1.20. The Bertz CT molecular complexity index is 510. The summed E-state index contributed by atoms with van der Waals surface area (Å²) in [5.41, 5.74) is 7.24. The van der Waals surface area contributed by atoms with Crippen molar-refractivity contribution in [3.63, 3.8) is 0 Å². The van der Waals surface area contributed by atoms with Crippen LogP contribution in [0.2, 0.25) is 0 Å². The topological polar surface area (TPSA) is 43.8 Å². The van der Waals surface area contributed by atoms with Gasteiger partial charge in [0.1, 0.15) is 5.82 Å². The van der Waals surface area contributed by atoms with E-state index in [4.69, 9.17) is 5.73 Å². The van der Waals surface area contributed by atoms with Crippen LogP contribution in [0.15, 0.2) is 35.1 Å². The van der Waals surface area contributed by atoms with Gasteiger partial charge in [-0.2, -0.15) is 5.10 Å². The summed E-state index contributed by atoms with van der Waals surface area (Å²) in [5.74, 6) is -0.314. The number of hydrogen-bond donors (Lipinski definition) is 1. The normalized spacial score (nSPS) is 12.8. The number of nitrogens with zero attached hydrogens (tertiary/aromatic N) is 2. The third-order valence-electron chi connectivity index (χ3n) is 2.38. The highest BCUT2D eigenvalue weighted by atomic mass is 79.9. The Morgan fingerprint density at radius 1 is 1.50 bits per heavy atom. The predicted molar refractivity (Wildman–Crippen MR) is 63.3 cm³/mol. The average molecular weight is 284 g/mol. The second-order valence-electron chi connectivity index (χ2n) is 3.59. The smallest absolute Gasteiger partial charge is 0.129 e. The summed E-state index contributed by atoms with van der Waals surface area (Å²) in [4.78, 5) is 0. The largest absolute Gasteiger partial charge is 0.320 e. The van der Waals surface area contributed by atoms with Gasteiger partial charge < -0.3 is 5.73 Å². The molecule has 0 aliphatic carbocycles. The lowest BCUT2D eigenvalue weighted by molar-refractivity contribution is 0.598. The van der Waals surface area contributed by atoms with E-state index in [1.165, 1.54) is 6.07 Å². The standard InChI is InChI=1S/C11H11BrFN3/c1-16-6-7(5-15-16)11(14)9-3-2-8(12)4-10(9)13/h2-6,11H,14H2,1H3. The molecule has 2 aromatic rings. The van der Waals surface area contributed by atoms with Crippen LogP contribution in [0.3, 0.4) is 0 Å². The number of rotatable bonds is 2. The maximum absolute atomic E-state index is 13.7. The van der Waals surface area contributed by atoms with Gasteiger partial charge in [0, 0.05) is 28.8 Å². The van der Waals surface area contributed by atoms with E-state index in [1.807, 2.05) is 0 Å². The van der Waals surface area contributed by atoms with Crippen molar-refractivity contribution in [2.45, 2.75) is 6.04 Å². The van der Waals surface area contributed by atoms with Crippen LogP contribution in [-0.4, -0.2) is 9.78 Å². The lowest BCUT2D eigenvalue weighted by atomic mass is 10.0. The van der Waals surface area contributed by atoms with Crippen molar-refractivity contribution in [3.05, 3.63) is 52.0 Å². The van der Waals surface area contributed by atoms with Crippen molar-refractivity contribution < 1.29 is 4.39 Å². The molecule has 5 heteroatoms. The van der Waals surface area contributed by atoms with Crippen LogP contribution < -0.4 is 5.73 Å². The van der Waals surface area contributed by atoms with Crippen LogP contribution in [0, 0.1) is 5.82 Å². The number of aryl methyl sites for hydroxylation is 1. The van der Waals surface area contributed by atoms with E-state index in [9.17, 15) is 4.39 Å². The molecule has 0 spiro atoms. The average Bonchev–Trinajstić information content (AvgIpc) is 2.64. The maximum Gasteiger partial charge on any atom is 0.129 e. The van der Waals surface area contributed by atoms with Gasteiger partial charge in [-0.15, -0.1) is 0 Å². The van der Waals surface area contributed by atoms with Crippen LogP contribution in [0.25, 0.3) is 0 Å². The summed E-state index contributed by atoms with van der Waals surface area (Å²) in [7, 11) is 1.80. The van der Waals surface area contributed by atoms with E-state index in [0.717, 1.165) is 5.56 Å². The van der Waals surface area contributed by atoms with Crippen LogP contribution in [0.1, 0.15) is 17.2 Å². The molecule has 1 aromatic heterocycles. The lowest BCUT2D eigenvalue weighted by Crippen LogP contribution is -2.12. The summed E-state index contributed by atoms with van der Waals surface area (Å²) >= 11 is 3.21. The van der Waals surface area contributed by atoms with Gasteiger partial charge in [-0.05, 0) is 12.1 Å². The Labute approximate surface area is 101 Å². The fraction of sp³-hybridized carbons (Fsp3) is 0.182. The summed E-state index contributed by atoms with van der Waals surface area (Å²) in [6, 6.07) is 4.37. The minimum absolute atomic E-state index is 0.314. The van der Waals surface area contributed by atoms with Crippen molar-refractivity contribution in [1.82, 2.24) is 9.78 Å². The molecule has 2 rings (SSSR count). The molecule has 1 unspecified atom stereocenters. The molecule has 0 fully saturated rings. The summed E-state index contributed by atoms with van der Waals surface area (Å²) in [6.45, 7) is 0. The Morgan fingerprint density at radius 3 is 2.81 bits per heavy atom. The SMILES string of the molecule is Cn1cc(C(N)c2ccc(Br)cc2F)cn1. The Balaban J connectivity index is 2.37. The van der Waals surface area contributed by atoms with E-state index in [0.29, 0.717) is 10.0 Å². The van der Waals surface area contributed by atoms with Crippen molar-refractivity contribution >= 4 is 15.9 Å². The van der Waals surface area contributed by atoms with E-state index >= 15 is 0 Å². The van der Waals surface area contributed by atoms with Gasteiger partial charge >= 0.3 is 0 Å². The van der Waals surface area contributed by atoms with E-state index < -0.39 is 6.04 Å². The second kappa shape index (κ2) is 4.35. The van der Waals surface area contributed by atoms with Crippen molar-refractivity contribution in [3.8, 4) is 0 Å². The van der Waals surface area contributed by atoms with Crippen LogP contribution >= 0.6 is 15.9 Å². The lowest BCUT2D eigenvalue weighted by Gasteiger charge is -2.11. The fourth-order valence-electron chi connectivity index (χ4n) is 1.53. The minimum atomic E-state index is -0.484. The van der Waals surface area contributed by atoms with Crippen molar-refractivity contribution in [2.75, 3.05) is 0 Å². The number of aromatic nitrogens is 2. The number of benzene rings is 1. The summed E-state index contributed by atoms with van der Waals surface area (Å²) < 4.78 is 16.0. The quantitative estimate of drug-likeness (QED) is 0.920. The molecule has 16 heavy (non-hydrogen) atoms. The highest BCUT2D eigenvalue weighted by Crippen LogP contribution is 2.24. The molecule has 1 heterocycles. The molecule has 0 amide bonds. The van der Waals surface area contributed by atoms with Gasteiger partial charge in [0.05, 0.1) is 12.2 Å². The molecule has 0 bridgehead atoms. The highest BCUT2D eigenvalue weighted by molar-refractivity contribution is 9.10. The molecule has 2 N–H and O–H groups in total. The molecule has 84 valence electrons. The van der Waals surface area contributed by atoms with Crippen LogP contribution in [0.4, 0.5) is 4.39 Å². The highest BCUT2D eigenvalue weighted by Gasteiger charge is 2.14. The Morgan fingerprint density at radius 2 is 2.25 bits per heavy atom. The molecule has 1 atom stereocenters. The zero-order valence-electron chi connectivity index (χ0n) is 8.69. The van der Waals surface area contributed by atoms with E-state index in [-0.39, 0.29) is 5.82 Å². The predicted octanol–water partition coefficient (Wildman–Crippen LogP) is 2.37. The molecule has 0 aliphatic rings. The van der Waals surface area contributed by atoms with Gasteiger partial charge in [0.15, 0.2) is 0 Å². The first-order chi connectivity index (χ1) is 7.58. The second-order valence-corrected chi connectivity index (χ2v) is 4.51. The monoisotopic (exact) mass is 283 g/mol. The third kappa shape index (κ3) is 2.15. The fourth-order valence-corrected chi connectivity index (χ4v) is 1.87. The van der Waals surface area contributed by atoms with Crippen molar-refractivity contribution in [1.29, 1.82) is 0 Å². The number of nitrogens with two attached hydrogens (primary N) is 1. The maximum atomic E-state index is 13.7. The summed E-state index contributed by atoms with van der Waals surface area (Å²) in [5, 5.41) is 4.02. The molecule has 0 radical (unpaired) electrons. The van der Waals surface area contributed by atoms with E-state index in [2.05, 4.69) is 21.0 Å². The molecule has 3 nitrogen and oxygen atoms in total. The first-order valence-electron chi connectivity index (χ1n) is 4.77. The van der Waals surface area contributed by atoms with E-state index in [1.54, 1.807) is 36.3 Å². The van der Waals surface area contributed by atoms with Gasteiger partial charge in [0.2, 0.25) is 0 Å². The zero-order valence-corrected chi connectivity index (χ0v) is 10.3.